The summed E-state index contributed by atoms with van der Waals surface area (Å²) in [5.41, 5.74) is 2.32. The minimum Gasteiger partial charge on any atom is -0.309 e. The third-order valence-electron chi connectivity index (χ3n) is 4.35. The van der Waals surface area contributed by atoms with Crippen LogP contribution >= 0.6 is 11.6 Å². The predicted molar refractivity (Wildman–Crippen MR) is 78.6 cm³/mol. The summed E-state index contributed by atoms with van der Waals surface area (Å²) in [6, 6.07) is 4.48. The Kier molecular flexibility index (Phi) is 3.25. The lowest BCUT2D eigenvalue weighted by atomic mass is 9.87. The van der Waals surface area contributed by atoms with Gasteiger partial charge in [-0.15, -0.1) is 11.6 Å². The van der Waals surface area contributed by atoms with Crippen molar-refractivity contribution < 1.29 is 0 Å². The number of imidazole rings is 1. The first-order valence-electron chi connectivity index (χ1n) is 7.01. The summed E-state index contributed by atoms with van der Waals surface area (Å²) in [5.74, 6) is 1.69. The molecule has 1 saturated carbocycles. The molecule has 3 nitrogen and oxygen atoms in total. The molecule has 0 aromatic carbocycles. The van der Waals surface area contributed by atoms with Crippen molar-refractivity contribution in [1.82, 2.24) is 14.5 Å². The summed E-state index contributed by atoms with van der Waals surface area (Å²) >= 11 is 5.94. The Bertz CT molecular complexity index is 588. The zero-order valence-electron chi connectivity index (χ0n) is 11.6. The first kappa shape index (κ1) is 12.9. The molecule has 0 radical (unpaired) electrons. The number of alkyl halides is 1. The maximum absolute atomic E-state index is 5.94. The number of fused-ring (bicyclic) bond motifs is 1. The molecular formula is C15H20ClN3. The summed E-state index contributed by atoms with van der Waals surface area (Å²) in [6.07, 6.45) is 6.43. The van der Waals surface area contributed by atoms with Crippen LogP contribution in [0.15, 0.2) is 18.3 Å². The lowest BCUT2D eigenvalue weighted by molar-refractivity contribution is 0.260. The van der Waals surface area contributed by atoms with Crippen LogP contribution in [0.2, 0.25) is 0 Å². The number of aromatic nitrogens is 3. The van der Waals surface area contributed by atoms with Gasteiger partial charge in [-0.25, -0.2) is 9.97 Å². The molecule has 1 fully saturated rings. The summed E-state index contributed by atoms with van der Waals surface area (Å²) < 4.78 is 2.35. The second-order valence-corrected chi connectivity index (χ2v) is 6.46. The van der Waals surface area contributed by atoms with Crippen LogP contribution in [-0.2, 0) is 6.42 Å². The molecule has 2 aromatic rings. The number of aryl methyl sites for hydroxylation is 1. The molecule has 2 heterocycles. The van der Waals surface area contributed by atoms with Crippen LogP contribution in [-0.4, -0.2) is 20.4 Å². The molecule has 1 aliphatic carbocycles. The lowest BCUT2D eigenvalue weighted by Crippen LogP contribution is -2.23. The van der Waals surface area contributed by atoms with E-state index in [0.717, 1.165) is 23.4 Å². The van der Waals surface area contributed by atoms with Crippen LogP contribution in [0.3, 0.4) is 0 Å². The van der Waals surface area contributed by atoms with Gasteiger partial charge in [0.05, 0.1) is 0 Å². The maximum atomic E-state index is 5.94. The smallest absolute Gasteiger partial charge is 0.160 e. The van der Waals surface area contributed by atoms with Gasteiger partial charge in [0, 0.05) is 24.5 Å². The lowest BCUT2D eigenvalue weighted by Gasteiger charge is -2.29. The van der Waals surface area contributed by atoms with Crippen LogP contribution in [0.25, 0.3) is 11.2 Å². The van der Waals surface area contributed by atoms with Gasteiger partial charge in [0.25, 0.3) is 0 Å². The molecular weight excluding hydrogens is 258 g/mol. The fourth-order valence-electron chi connectivity index (χ4n) is 3.35. The zero-order valence-corrected chi connectivity index (χ0v) is 12.3. The quantitative estimate of drug-likeness (QED) is 0.795. The largest absolute Gasteiger partial charge is 0.309 e. The number of nitrogens with zero attached hydrogens (tertiary/aromatic N) is 3. The van der Waals surface area contributed by atoms with Gasteiger partial charge in [-0.2, -0.15) is 0 Å². The molecule has 19 heavy (non-hydrogen) atoms. The average Bonchev–Trinajstić information content (AvgIpc) is 2.89. The summed E-state index contributed by atoms with van der Waals surface area (Å²) in [7, 11) is 0. The Morgan fingerprint density at radius 3 is 3.00 bits per heavy atom. The molecule has 0 saturated heterocycles. The number of halogens is 1. The van der Waals surface area contributed by atoms with E-state index in [9.17, 15) is 0 Å². The Morgan fingerprint density at radius 1 is 1.47 bits per heavy atom. The Hall–Kier alpha value is -1.09. The van der Waals surface area contributed by atoms with Crippen molar-refractivity contribution in [3.63, 3.8) is 0 Å². The topological polar surface area (TPSA) is 30.7 Å². The molecule has 102 valence electrons. The minimum absolute atomic E-state index is 0.312. The van der Waals surface area contributed by atoms with Crippen molar-refractivity contribution in [3.8, 4) is 0 Å². The normalized spacial score (nSPS) is 22.2. The van der Waals surface area contributed by atoms with Gasteiger partial charge in [0.1, 0.15) is 11.3 Å². The van der Waals surface area contributed by atoms with Crippen LogP contribution in [0.5, 0.6) is 0 Å². The van der Waals surface area contributed by atoms with E-state index in [1.54, 1.807) is 0 Å². The van der Waals surface area contributed by atoms with Crippen LogP contribution in [0, 0.1) is 5.41 Å². The van der Waals surface area contributed by atoms with E-state index in [0.29, 0.717) is 17.3 Å². The Morgan fingerprint density at radius 2 is 2.32 bits per heavy atom. The first-order chi connectivity index (χ1) is 9.13. The third kappa shape index (κ3) is 2.14. The third-order valence-corrected chi connectivity index (χ3v) is 4.54. The molecule has 0 N–H and O–H groups in total. The van der Waals surface area contributed by atoms with Crippen molar-refractivity contribution in [3.05, 3.63) is 24.2 Å². The van der Waals surface area contributed by atoms with Gasteiger partial charge in [0.15, 0.2) is 5.65 Å². The predicted octanol–water partition coefficient (Wildman–Crippen LogP) is 3.96. The average molecular weight is 278 g/mol. The molecule has 0 bridgehead atoms. The highest BCUT2D eigenvalue weighted by atomic mass is 35.5. The minimum atomic E-state index is 0.312. The highest BCUT2D eigenvalue weighted by Gasteiger charge is 2.37. The van der Waals surface area contributed by atoms with Crippen molar-refractivity contribution >= 4 is 22.8 Å². The molecule has 1 aliphatic rings. The molecule has 1 unspecified atom stereocenters. The first-order valence-corrected chi connectivity index (χ1v) is 7.55. The Labute approximate surface area is 119 Å². The van der Waals surface area contributed by atoms with Crippen molar-refractivity contribution in [2.75, 3.05) is 5.88 Å². The van der Waals surface area contributed by atoms with Crippen LogP contribution in [0.1, 0.15) is 45.0 Å². The number of pyridine rings is 1. The second-order valence-electron chi connectivity index (χ2n) is 6.08. The molecule has 2 aromatic heterocycles. The van der Waals surface area contributed by atoms with E-state index in [2.05, 4.69) is 23.4 Å². The summed E-state index contributed by atoms with van der Waals surface area (Å²) in [5, 5.41) is 0. The summed E-state index contributed by atoms with van der Waals surface area (Å²) in [4.78, 5) is 9.28. The van der Waals surface area contributed by atoms with E-state index in [1.807, 2.05) is 18.3 Å². The molecule has 0 spiro atoms. The summed E-state index contributed by atoms with van der Waals surface area (Å²) in [6.45, 7) is 4.70. The molecule has 1 atom stereocenters. The number of hydrogen-bond donors (Lipinski definition) is 0. The van der Waals surface area contributed by atoms with Crippen LogP contribution in [0.4, 0.5) is 0 Å². The fraction of sp³-hybridized carbons (Fsp3) is 0.600. The number of rotatable bonds is 3. The van der Waals surface area contributed by atoms with Crippen molar-refractivity contribution in [2.24, 2.45) is 5.41 Å². The SMILES string of the molecule is CC1(C)CCCC1n1c(CCCl)nc2cccnc21. The van der Waals surface area contributed by atoms with E-state index in [4.69, 9.17) is 16.6 Å². The van der Waals surface area contributed by atoms with E-state index < -0.39 is 0 Å². The van der Waals surface area contributed by atoms with E-state index in [1.165, 1.54) is 19.3 Å². The molecule has 3 rings (SSSR count). The fourth-order valence-corrected chi connectivity index (χ4v) is 3.52. The van der Waals surface area contributed by atoms with Gasteiger partial charge in [-0.3, -0.25) is 0 Å². The molecule has 0 amide bonds. The second kappa shape index (κ2) is 4.78. The van der Waals surface area contributed by atoms with Gasteiger partial charge in [-0.05, 0) is 30.4 Å². The maximum Gasteiger partial charge on any atom is 0.160 e. The van der Waals surface area contributed by atoms with Crippen molar-refractivity contribution in [1.29, 1.82) is 0 Å². The number of hydrogen-bond acceptors (Lipinski definition) is 2. The van der Waals surface area contributed by atoms with Crippen LogP contribution < -0.4 is 0 Å². The zero-order chi connectivity index (χ0) is 13.5. The Balaban J connectivity index is 2.17. The highest BCUT2D eigenvalue weighted by Crippen LogP contribution is 2.47. The van der Waals surface area contributed by atoms with Gasteiger partial charge in [-0.1, -0.05) is 20.3 Å². The van der Waals surface area contributed by atoms with Gasteiger partial charge >= 0.3 is 0 Å². The molecule has 0 aliphatic heterocycles. The van der Waals surface area contributed by atoms with Crippen molar-refractivity contribution in [2.45, 2.75) is 45.6 Å². The molecule has 4 heteroatoms. The van der Waals surface area contributed by atoms with E-state index in [-0.39, 0.29) is 0 Å². The van der Waals surface area contributed by atoms with E-state index >= 15 is 0 Å². The monoisotopic (exact) mass is 277 g/mol. The highest BCUT2D eigenvalue weighted by molar-refractivity contribution is 6.17. The van der Waals surface area contributed by atoms with Gasteiger partial charge < -0.3 is 4.57 Å². The van der Waals surface area contributed by atoms with Gasteiger partial charge in [0.2, 0.25) is 0 Å². The standard InChI is InChI=1S/C15H20ClN3/c1-15(2)8-3-6-12(15)19-13(7-9-16)18-11-5-4-10-17-14(11)19/h4-5,10,12H,3,6-9H2,1-2H3.